The quantitative estimate of drug-likeness (QED) is 0.669. The molecule has 0 aromatic heterocycles. The summed E-state index contributed by atoms with van der Waals surface area (Å²) in [5.74, 6) is 0.426. The van der Waals surface area contributed by atoms with E-state index in [1.807, 2.05) is 18.7 Å². The number of carbonyl (C=O) groups excluding carboxylic acids is 1. The maximum Gasteiger partial charge on any atom is 0.225 e. The summed E-state index contributed by atoms with van der Waals surface area (Å²) in [6.07, 6.45) is 1.12. The van der Waals surface area contributed by atoms with Crippen LogP contribution in [0.25, 0.3) is 0 Å². The van der Waals surface area contributed by atoms with Crippen LogP contribution in [0.1, 0.15) is 20.3 Å². The maximum absolute atomic E-state index is 11.8. The minimum absolute atomic E-state index is 0.126. The van der Waals surface area contributed by atoms with Crippen molar-refractivity contribution in [3.05, 3.63) is 0 Å². The summed E-state index contributed by atoms with van der Waals surface area (Å²) in [4.78, 5) is 16.1. The van der Waals surface area contributed by atoms with Crippen LogP contribution in [0.5, 0.6) is 0 Å². The zero-order chi connectivity index (χ0) is 10.3. The van der Waals surface area contributed by atoms with Gasteiger partial charge in [-0.3, -0.25) is 9.69 Å². The fourth-order valence-electron chi connectivity index (χ4n) is 2.57. The molecule has 0 aromatic carbocycles. The van der Waals surface area contributed by atoms with E-state index in [4.69, 9.17) is 5.73 Å². The molecule has 2 bridgehead atoms. The minimum atomic E-state index is 0.126. The van der Waals surface area contributed by atoms with Crippen LogP contribution in [0.2, 0.25) is 0 Å². The lowest BCUT2D eigenvalue weighted by Gasteiger charge is -2.34. The van der Waals surface area contributed by atoms with Crippen molar-refractivity contribution in [1.29, 1.82) is 0 Å². The first-order valence-corrected chi connectivity index (χ1v) is 5.38. The first-order valence-electron chi connectivity index (χ1n) is 5.38. The molecular weight excluding hydrogens is 178 g/mol. The Bertz CT molecular complexity index is 242. The minimum Gasteiger partial charge on any atom is -0.337 e. The maximum atomic E-state index is 11.8. The number of fused-ring (bicyclic) bond motifs is 2. The lowest BCUT2D eigenvalue weighted by Crippen LogP contribution is -2.51. The van der Waals surface area contributed by atoms with Crippen molar-refractivity contribution in [2.45, 2.75) is 32.4 Å². The van der Waals surface area contributed by atoms with Gasteiger partial charge in [-0.25, -0.2) is 0 Å². The van der Waals surface area contributed by atoms with Crippen molar-refractivity contribution in [2.24, 2.45) is 11.7 Å². The number of nitrogens with zero attached hydrogens (tertiary/aromatic N) is 2. The van der Waals surface area contributed by atoms with Gasteiger partial charge in [-0.15, -0.1) is 0 Å². The van der Waals surface area contributed by atoms with Gasteiger partial charge in [0.2, 0.25) is 5.91 Å². The monoisotopic (exact) mass is 197 g/mol. The van der Waals surface area contributed by atoms with E-state index in [0.29, 0.717) is 24.7 Å². The summed E-state index contributed by atoms with van der Waals surface area (Å²) < 4.78 is 0. The Hall–Kier alpha value is -0.610. The fourth-order valence-corrected chi connectivity index (χ4v) is 2.57. The molecule has 0 saturated carbocycles. The average molecular weight is 197 g/mol. The normalized spacial score (nSPS) is 31.9. The Morgan fingerprint density at radius 1 is 1.43 bits per heavy atom. The lowest BCUT2D eigenvalue weighted by molar-refractivity contribution is -0.136. The van der Waals surface area contributed by atoms with E-state index in [1.54, 1.807) is 0 Å². The third kappa shape index (κ3) is 1.42. The van der Waals surface area contributed by atoms with Crippen molar-refractivity contribution >= 4 is 5.91 Å². The van der Waals surface area contributed by atoms with Gasteiger partial charge in [-0.2, -0.15) is 0 Å². The van der Waals surface area contributed by atoms with E-state index in [1.165, 1.54) is 0 Å². The Morgan fingerprint density at radius 3 is 2.57 bits per heavy atom. The highest BCUT2D eigenvalue weighted by Crippen LogP contribution is 2.30. The van der Waals surface area contributed by atoms with Crippen LogP contribution in [-0.2, 0) is 4.79 Å². The van der Waals surface area contributed by atoms with Crippen LogP contribution in [0.4, 0.5) is 0 Å². The summed E-state index contributed by atoms with van der Waals surface area (Å²) >= 11 is 0. The molecule has 2 heterocycles. The first kappa shape index (κ1) is 9.93. The lowest BCUT2D eigenvalue weighted by atomic mass is 10.1. The Balaban J connectivity index is 1.99. The third-order valence-corrected chi connectivity index (χ3v) is 3.37. The van der Waals surface area contributed by atoms with Gasteiger partial charge in [0, 0.05) is 37.8 Å². The summed E-state index contributed by atoms with van der Waals surface area (Å²) in [5.41, 5.74) is 5.62. The molecule has 2 saturated heterocycles. The number of amides is 1. The van der Waals surface area contributed by atoms with Gasteiger partial charge in [-0.1, -0.05) is 13.8 Å². The molecule has 2 unspecified atom stereocenters. The molecule has 1 amide bonds. The van der Waals surface area contributed by atoms with Crippen molar-refractivity contribution in [3.8, 4) is 0 Å². The van der Waals surface area contributed by atoms with Crippen molar-refractivity contribution in [3.63, 3.8) is 0 Å². The Labute approximate surface area is 85.0 Å². The Kier molecular flexibility index (Phi) is 2.49. The number of hydrogen-bond donors (Lipinski definition) is 1. The topological polar surface area (TPSA) is 49.6 Å². The number of nitrogens with two attached hydrogens (primary N) is 1. The zero-order valence-electron chi connectivity index (χ0n) is 8.94. The predicted octanol–water partition coefficient (Wildman–Crippen LogP) is -0.156. The first-order chi connectivity index (χ1) is 6.63. The van der Waals surface area contributed by atoms with Crippen LogP contribution in [0.15, 0.2) is 0 Å². The smallest absolute Gasteiger partial charge is 0.225 e. The molecule has 80 valence electrons. The highest BCUT2D eigenvalue weighted by Gasteiger charge is 2.44. The van der Waals surface area contributed by atoms with Crippen molar-refractivity contribution < 1.29 is 4.79 Å². The van der Waals surface area contributed by atoms with Crippen molar-refractivity contribution in [1.82, 2.24) is 9.80 Å². The number of likely N-dealkylation sites (tertiary alicyclic amines) is 2. The second-order valence-corrected chi connectivity index (χ2v) is 4.64. The number of piperazine rings is 1. The molecule has 2 N–H and O–H groups in total. The van der Waals surface area contributed by atoms with E-state index in [-0.39, 0.29) is 5.92 Å². The predicted molar refractivity (Wildman–Crippen MR) is 54.5 cm³/mol. The highest BCUT2D eigenvalue weighted by atomic mass is 16.2. The molecule has 0 spiro atoms. The van der Waals surface area contributed by atoms with E-state index in [9.17, 15) is 4.79 Å². The van der Waals surface area contributed by atoms with Crippen molar-refractivity contribution in [2.75, 3.05) is 19.8 Å². The van der Waals surface area contributed by atoms with E-state index >= 15 is 0 Å². The van der Waals surface area contributed by atoms with Crippen LogP contribution in [0, 0.1) is 5.92 Å². The number of hydrogen-bond acceptors (Lipinski definition) is 3. The fraction of sp³-hybridized carbons (Fsp3) is 0.900. The zero-order valence-corrected chi connectivity index (χ0v) is 8.94. The largest absolute Gasteiger partial charge is 0.337 e. The number of carbonyl (C=O) groups is 1. The molecule has 2 atom stereocenters. The molecule has 0 radical (unpaired) electrons. The van der Waals surface area contributed by atoms with Gasteiger partial charge in [-0.05, 0) is 6.42 Å². The second kappa shape index (κ2) is 3.51. The van der Waals surface area contributed by atoms with E-state index in [2.05, 4.69) is 4.90 Å². The second-order valence-electron chi connectivity index (χ2n) is 4.64. The molecule has 2 aliphatic rings. The van der Waals surface area contributed by atoms with Gasteiger partial charge in [0.25, 0.3) is 0 Å². The van der Waals surface area contributed by atoms with Gasteiger partial charge in [0.05, 0.1) is 0 Å². The molecule has 4 heteroatoms. The Morgan fingerprint density at radius 2 is 2.14 bits per heavy atom. The molecule has 2 aliphatic heterocycles. The van der Waals surface area contributed by atoms with Crippen LogP contribution in [-0.4, -0.2) is 47.5 Å². The van der Waals surface area contributed by atoms with Gasteiger partial charge >= 0.3 is 0 Å². The molecule has 0 aromatic rings. The summed E-state index contributed by atoms with van der Waals surface area (Å²) in [6.45, 7) is 6.42. The molecule has 2 fully saturated rings. The number of rotatable bonds is 2. The van der Waals surface area contributed by atoms with Crippen LogP contribution in [0.3, 0.4) is 0 Å². The summed E-state index contributed by atoms with van der Waals surface area (Å²) in [6, 6.07) is 0.950. The highest BCUT2D eigenvalue weighted by molar-refractivity contribution is 5.79. The molecular formula is C10H19N3O. The SMILES string of the molecule is CC(C)C(=O)N1CC2CC1CN2CN. The standard InChI is InChI=1S/C10H19N3O/c1-7(2)10(14)13-5-8-3-9(13)4-12(8)6-11/h7-9H,3-6,11H2,1-2H3. The molecule has 4 nitrogen and oxygen atoms in total. The molecule has 14 heavy (non-hydrogen) atoms. The third-order valence-electron chi connectivity index (χ3n) is 3.37. The van der Waals surface area contributed by atoms with Crippen LogP contribution >= 0.6 is 0 Å². The average Bonchev–Trinajstić information content (AvgIpc) is 2.74. The van der Waals surface area contributed by atoms with Gasteiger partial charge in [0.1, 0.15) is 0 Å². The van der Waals surface area contributed by atoms with E-state index < -0.39 is 0 Å². The summed E-state index contributed by atoms with van der Waals surface area (Å²) in [5, 5.41) is 0. The summed E-state index contributed by atoms with van der Waals surface area (Å²) in [7, 11) is 0. The molecule has 0 aliphatic carbocycles. The van der Waals surface area contributed by atoms with Gasteiger partial charge < -0.3 is 10.6 Å². The van der Waals surface area contributed by atoms with Gasteiger partial charge in [0.15, 0.2) is 0 Å². The molecule has 2 rings (SSSR count). The van der Waals surface area contributed by atoms with Crippen LogP contribution < -0.4 is 5.73 Å². The van der Waals surface area contributed by atoms with E-state index in [0.717, 1.165) is 19.5 Å².